The van der Waals surface area contributed by atoms with Gasteiger partial charge in [-0.1, -0.05) is 0 Å². The molecule has 0 N–H and O–H groups in total. The average molecular weight is 246 g/mol. The molecule has 96 valence electrons. The van der Waals surface area contributed by atoms with E-state index in [1.807, 2.05) is 6.20 Å². The maximum absolute atomic E-state index is 12.2. The number of nitriles is 1. The minimum absolute atomic E-state index is 0.144. The van der Waals surface area contributed by atoms with E-state index in [0.717, 1.165) is 37.7 Å². The lowest BCUT2D eigenvalue weighted by atomic mass is 9.90. The second kappa shape index (κ2) is 5.83. The highest BCUT2D eigenvalue weighted by atomic mass is 16.5. The number of ether oxygens (including phenoxy) is 1. The molecule has 1 aliphatic rings. The monoisotopic (exact) mass is 246 g/mol. The lowest BCUT2D eigenvalue weighted by Crippen LogP contribution is -2.27. The van der Waals surface area contributed by atoms with Crippen LogP contribution in [0.3, 0.4) is 0 Å². The maximum Gasteiger partial charge on any atom is 0.268 e. The fraction of sp³-hybridized carbons (Fsp3) is 0.571. The summed E-state index contributed by atoms with van der Waals surface area (Å²) < 4.78 is 6.66. The zero-order chi connectivity index (χ0) is 13.0. The average Bonchev–Trinajstić information content (AvgIpc) is 2.40. The molecule has 18 heavy (non-hydrogen) atoms. The molecular formula is C14H18N2O2. The third-order valence-electron chi connectivity index (χ3n) is 3.46. The highest BCUT2D eigenvalue weighted by Crippen LogP contribution is 2.22. The van der Waals surface area contributed by atoms with Crippen LogP contribution in [0.25, 0.3) is 0 Å². The molecule has 1 aromatic rings. The molecule has 1 aliphatic carbocycles. The number of methoxy groups -OCH3 is 1. The van der Waals surface area contributed by atoms with Gasteiger partial charge in [-0.2, -0.15) is 5.26 Å². The lowest BCUT2D eigenvalue weighted by molar-refractivity contribution is 0.190. The molecule has 0 amide bonds. The summed E-state index contributed by atoms with van der Waals surface area (Å²) in [4.78, 5) is 12.2. The first-order chi connectivity index (χ1) is 8.77. The zero-order valence-corrected chi connectivity index (χ0v) is 10.7. The third kappa shape index (κ3) is 2.46. The van der Waals surface area contributed by atoms with E-state index in [9.17, 15) is 10.1 Å². The molecular weight excluding hydrogens is 228 g/mol. The molecule has 0 radical (unpaired) electrons. The Bertz CT molecular complexity index is 526. The fourth-order valence-electron chi connectivity index (χ4n) is 2.54. The first-order valence-corrected chi connectivity index (χ1v) is 6.42. The van der Waals surface area contributed by atoms with Crippen LogP contribution < -0.4 is 5.56 Å². The van der Waals surface area contributed by atoms with E-state index < -0.39 is 0 Å². The molecule has 0 fully saturated rings. The Hall–Kier alpha value is -1.60. The highest BCUT2D eigenvalue weighted by Gasteiger charge is 2.18. The molecule has 0 bridgehead atoms. The quantitative estimate of drug-likeness (QED) is 0.759. The van der Waals surface area contributed by atoms with Gasteiger partial charge in [0.15, 0.2) is 0 Å². The van der Waals surface area contributed by atoms with Crippen molar-refractivity contribution in [1.82, 2.24) is 4.57 Å². The normalized spacial score (nSPS) is 14.0. The van der Waals surface area contributed by atoms with Crippen LogP contribution in [0.5, 0.6) is 0 Å². The summed E-state index contributed by atoms with van der Waals surface area (Å²) in [6.45, 7) is 1.25. The zero-order valence-electron chi connectivity index (χ0n) is 10.7. The molecule has 4 nitrogen and oxygen atoms in total. The Morgan fingerprint density at radius 2 is 2.22 bits per heavy atom. The molecule has 0 unspecified atom stereocenters. The van der Waals surface area contributed by atoms with Crippen molar-refractivity contribution in [1.29, 1.82) is 5.26 Å². The van der Waals surface area contributed by atoms with Crippen molar-refractivity contribution in [2.24, 2.45) is 0 Å². The molecule has 0 spiro atoms. The predicted octanol–water partition coefficient (Wildman–Crippen LogP) is 1.64. The van der Waals surface area contributed by atoms with Gasteiger partial charge in [-0.3, -0.25) is 4.79 Å². The topological polar surface area (TPSA) is 55.0 Å². The van der Waals surface area contributed by atoms with Gasteiger partial charge >= 0.3 is 0 Å². The van der Waals surface area contributed by atoms with Gasteiger partial charge in [0, 0.05) is 26.5 Å². The van der Waals surface area contributed by atoms with E-state index in [-0.39, 0.29) is 5.56 Å². The summed E-state index contributed by atoms with van der Waals surface area (Å²) in [6, 6.07) is 2.09. The van der Waals surface area contributed by atoms with Crippen LogP contribution in [0.1, 0.15) is 36.0 Å². The third-order valence-corrected chi connectivity index (χ3v) is 3.46. The van der Waals surface area contributed by atoms with Crippen molar-refractivity contribution >= 4 is 0 Å². The van der Waals surface area contributed by atoms with E-state index in [1.54, 1.807) is 11.7 Å². The van der Waals surface area contributed by atoms with Gasteiger partial charge in [0.25, 0.3) is 5.56 Å². The van der Waals surface area contributed by atoms with Crippen molar-refractivity contribution in [3.63, 3.8) is 0 Å². The molecule has 0 aliphatic heterocycles. The minimum atomic E-state index is -0.144. The molecule has 0 saturated carbocycles. The first kappa shape index (κ1) is 12.8. The number of hydrogen-bond donors (Lipinski definition) is 0. The van der Waals surface area contributed by atoms with Gasteiger partial charge in [-0.05, 0) is 43.2 Å². The van der Waals surface area contributed by atoms with Crippen LogP contribution in [0.15, 0.2) is 11.0 Å². The van der Waals surface area contributed by atoms with Gasteiger partial charge in [0.2, 0.25) is 0 Å². The van der Waals surface area contributed by atoms with Crippen LogP contribution in [-0.2, 0) is 24.1 Å². The van der Waals surface area contributed by atoms with Crippen LogP contribution in [0, 0.1) is 11.3 Å². The van der Waals surface area contributed by atoms with E-state index in [1.165, 1.54) is 5.56 Å². The van der Waals surface area contributed by atoms with Gasteiger partial charge in [-0.25, -0.2) is 0 Å². The van der Waals surface area contributed by atoms with Crippen molar-refractivity contribution in [3.8, 4) is 6.07 Å². The Balaban J connectivity index is 2.37. The van der Waals surface area contributed by atoms with Gasteiger partial charge in [0.1, 0.15) is 11.6 Å². The number of rotatable bonds is 4. The number of nitrogens with zero attached hydrogens (tertiary/aromatic N) is 2. The van der Waals surface area contributed by atoms with Crippen molar-refractivity contribution in [2.45, 2.75) is 38.6 Å². The summed E-state index contributed by atoms with van der Waals surface area (Å²) in [7, 11) is 1.65. The van der Waals surface area contributed by atoms with E-state index in [0.29, 0.717) is 18.7 Å². The van der Waals surface area contributed by atoms with Gasteiger partial charge in [0.05, 0.1) is 0 Å². The fourth-order valence-corrected chi connectivity index (χ4v) is 2.54. The maximum atomic E-state index is 12.2. The van der Waals surface area contributed by atoms with E-state index in [2.05, 4.69) is 6.07 Å². The van der Waals surface area contributed by atoms with Crippen LogP contribution >= 0.6 is 0 Å². The van der Waals surface area contributed by atoms with Gasteiger partial charge < -0.3 is 9.30 Å². The Labute approximate surface area is 107 Å². The molecule has 2 rings (SSSR count). The van der Waals surface area contributed by atoms with Crippen molar-refractivity contribution < 1.29 is 4.74 Å². The molecule has 1 aromatic heterocycles. The van der Waals surface area contributed by atoms with Crippen LogP contribution in [0.2, 0.25) is 0 Å². The van der Waals surface area contributed by atoms with Crippen LogP contribution in [-0.4, -0.2) is 18.3 Å². The SMILES string of the molecule is COCCCn1cc2c(c(C#N)c1=O)CCCC2. The Morgan fingerprint density at radius 3 is 2.94 bits per heavy atom. The number of aryl methyl sites for hydroxylation is 2. The van der Waals surface area contributed by atoms with Gasteiger partial charge in [-0.15, -0.1) is 0 Å². The van der Waals surface area contributed by atoms with Crippen LogP contribution in [0.4, 0.5) is 0 Å². The molecule has 1 heterocycles. The molecule has 0 saturated heterocycles. The second-order valence-electron chi connectivity index (χ2n) is 4.67. The summed E-state index contributed by atoms with van der Waals surface area (Å²) in [6.07, 6.45) is 6.80. The Kier molecular flexibility index (Phi) is 4.16. The first-order valence-electron chi connectivity index (χ1n) is 6.42. The van der Waals surface area contributed by atoms with E-state index >= 15 is 0 Å². The number of pyridine rings is 1. The molecule has 0 aromatic carbocycles. The second-order valence-corrected chi connectivity index (χ2v) is 4.67. The molecule has 0 atom stereocenters. The molecule has 4 heteroatoms. The summed E-state index contributed by atoms with van der Waals surface area (Å²) in [5, 5.41) is 9.18. The summed E-state index contributed by atoms with van der Waals surface area (Å²) >= 11 is 0. The minimum Gasteiger partial charge on any atom is -0.385 e. The van der Waals surface area contributed by atoms with Crippen molar-refractivity contribution in [2.75, 3.05) is 13.7 Å². The standard InChI is InChI=1S/C14H18N2O2/c1-18-8-4-7-16-10-11-5-2-3-6-12(11)13(9-15)14(16)17/h10H,2-8H2,1H3. The van der Waals surface area contributed by atoms with Crippen molar-refractivity contribution in [3.05, 3.63) is 33.2 Å². The highest BCUT2D eigenvalue weighted by molar-refractivity contribution is 5.41. The Morgan fingerprint density at radius 1 is 1.44 bits per heavy atom. The number of aromatic nitrogens is 1. The number of fused-ring (bicyclic) bond motifs is 1. The lowest BCUT2D eigenvalue weighted by Gasteiger charge is -2.18. The number of hydrogen-bond acceptors (Lipinski definition) is 3. The predicted molar refractivity (Wildman–Crippen MR) is 68.6 cm³/mol. The summed E-state index contributed by atoms with van der Waals surface area (Å²) in [5.74, 6) is 0. The summed E-state index contributed by atoms with van der Waals surface area (Å²) in [5.41, 5.74) is 2.37. The van der Waals surface area contributed by atoms with E-state index in [4.69, 9.17) is 4.74 Å². The largest absolute Gasteiger partial charge is 0.385 e. The smallest absolute Gasteiger partial charge is 0.268 e.